The van der Waals surface area contributed by atoms with E-state index in [1.807, 2.05) is 36.2 Å². The SMILES string of the molecule is CN(C(=O)c1cccc(CCl)c1)C1CCCCC1. The molecule has 0 aliphatic heterocycles. The van der Waals surface area contributed by atoms with E-state index >= 15 is 0 Å². The van der Waals surface area contributed by atoms with Gasteiger partial charge in [-0.3, -0.25) is 4.79 Å². The van der Waals surface area contributed by atoms with E-state index in [-0.39, 0.29) is 5.91 Å². The van der Waals surface area contributed by atoms with Crippen LogP contribution in [-0.4, -0.2) is 23.9 Å². The number of nitrogens with zero attached hydrogens (tertiary/aromatic N) is 1. The quantitative estimate of drug-likeness (QED) is 0.761. The van der Waals surface area contributed by atoms with Crippen molar-refractivity contribution in [2.75, 3.05) is 7.05 Å². The lowest BCUT2D eigenvalue weighted by Crippen LogP contribution is -2.38. The summed E-state index contributed by atoms with van der Waals surface area (Å²) in [4.78, 5) is 14.3. The minimum atomic E-state index is 0.119. The summed E-state index contributed by atoms with van der Waals surface area (Å²) in [5.41, 5.74) is 1.75. The van der Waals surface area contributed by atoms with Crippen molar-refractivity contribution in [2.45, 2.75) is 44.0 Å². The topological polar surface area (TPSA) is 20.3 Å². The zero-order chi connectivity index (χ0) is 13.0. The highest BCUT2D eigenvalue weighted by Crippen LogP contribution is 2.23. The fraction of sp³-hybridized carbons (Fsp3) is 0.533. The van der Waals surface area contributed by atoms with Crippen LogP contribution < -0.4 is 0 Å². The minimum Gasteiger partial charge on any atom is -0.339 e. The van der Waals surface area contributed by atoms with Crippen molar-refractivity contribution in [3.63, 3.8) is 0 Å². The lowest BCUT2D eigenvalue weighted by molar-refractivity contribution is 0.0696. The molecular weight excluding hydrogens is 246 g/mol. The fourth-order valence-electron chi connectivity index (χ4n) is 2.63. The third-order valence-electron chi connectivity index (χ3n) is 3.77. The molecule has 0 unspecified atom stereocenters. The number of amides is 1. The van der Waals surface area contributed by atoms with Crippen LogP contribution in [0.25, 0.3) is 0 Å². The maximum absolute atomic E-state index is 12.4. The van der Waals surface area contributed by atoms with Crippen molar-refractivity contribution >= 4 is 17.5 Å². The number of hydrogen-bond donors (Lipinski definition) is 0. The molecule has 0 radical (unpaired) electrons. The minimum absolute atomic E-state index is 0.119. The fourth-order valence-corrected chi connectivity index (χ4v) is 2.79. The van der Waals surface area contributed by atoms with Crippen LogP contribution >= 0.6 is 11.6 Å². The Kier molecular flexibility index (Phi) is 4.65. The first-order chi connectivity index (χ1) is 8.72. The Morgan fingerprint density at radius 3 is 2.72 bits per heavy atom. The first-order valence-corrected chi connectivity index (χ1v) is 7.18. The number of carbonyl (C=O) groups is 1. The first-order valence-electron chi connectivity index (χ1n) is 6.64. The summed E-state index contributed by atoms with van der Waals surface area (Å²) in [6, 6.07) is 8.03. The summed E-state index contributed by atoms with van der Waals surface area (Å²) in [5.74, 6) is 0.572. The molecule has 0 bridgehead atoms. The molecule has 1 aromatic carbocycles. The van der Waals surface area contributed by atoms with Gasteiger partial charge in [-0.2, -0.15) is 0 Å². The molecule has 2 nitrogen and oxygen atoms in total. The number of alkyl halides is 1. The van der Waals surface area contributed by atoms with Crippen LogP contribution in [0, 0.1) is 0 Å². The largest absolute Gasteiger partial charge is 0.339 e. The molecule has 18 heavy (non-hydrogen) atoms. The number of rotatable bonds is 3. The van der Waals surface area contributed by atoms with E-state index in [9.17, 15) is 4.79 Å². The molecule has 98 valence electrons. The summed E-state index contributed by atoms with van der Waals surface area (Å²) in [6.07, 6.45) is 6.06. The smallest absolute Gasteiger partial charge is 0.253 e. The predicted molar refractivity (Wildman–Crippen MR) is 75.0 cm³/mol. The molecule has 2 rings (SSSR count). The molecular formula is C15H20ClNO. The second kappa shape index (κ2) is 6.24. The number of halogens is 1. The lowest BCUT2D eigenvalue weighted by atomic mass is 9.94. The van der Waals surface area contributed by atoms with Crippen molar-refractivity contribution < 1.29 is 4.79 Å². The zero-order valence-corrected chi connectivity index (χ0v) is 11.6. The van der Waals surface area contributed by atoms with Gasteiger partial charge in [-0.05, 0) is 30.5 Å². The van der Waals surface area contributed by atoms with E-state index in [2.05, 4.69) is 0 Å². The highest BCUT2D eigenvalue weighted by atomic mass is 35.5. The van der Waals surface area contributed by atoms with Crippen LogP contribution in [0.2, 0.25) is 0 Å². The second-order valence-electron chi connectivity index (χ2n) is 5.04. The van der Waals surface area contributed by atoms with Gasteiger partial charge in [-0.1, -0.05) is 31.4 Å². The van der Waals surface area contributed by atoms with E-state index < -0.39 is 0 Å². The van der Waals surface area contributed by atoms with Crippen LogP contribution in [0.3, 0.4) is 0 Å². The van der Waals surface area contributed by atoms with Crippen molar-refractivity contribution in [3.05, 3.63) is 35.4 Å². The molecule has 0 saturated heterocycles. The monoisotopic (exact) mass is 265 g/mol. The van der Waals surface area contributed by atoms with Gasteiger partial charge in [-0.25, -0.2) is 0 Å². The predicted octanol–water partition coefficient (Wildman–Crippen LogP) is 3.83. The van der Waals surface area contributed by atoms with E-state index in [1.165, 1.54) is 19.3 Å². The van der Waals surface area contributed by atoms with Gasteiger partial charge in [0.1, 0.15) is 0 Å². The molecule has 1 aromatic rings. The highest BCUT2D eigenvalue weighted by Gasteiger charge is 2.22. The van der Waals surface area contributed by atoms with E-state index in [1.54, 1.807) is 0 Å². The lowest BCUT2D eigenvalue weighted by Gasteiger charge is -2.31. The van der Waals surface area contributed by atoms with Crippen LogP contribution in [0.1, 0.15) is 48.0 Å². The normalized spacial score (nSPS) is 16.6. The van der Waals surface area contributed by atoms with Crippen LogP contribution in [0.15, 0.2) is 24.3 Å². The zero-order valence-electron chi connectivity index (χ0n) is 10.9. The Labute approximate surface area is 114 Å². The van der Waals surface area contributed by atoms with Crippen molar-refractivity contribution in [2.24, 2.45) is 0 Å². The third kappa shape index (κ3) is 3.05. The maximum Gasteiger partial charge on any atom is 0.253 e. The Balaban J connectivity index is 2.09. The van der Waals surface area contributed by atoms with Crippen LogP contribution in [0.4, 0.5) is 0 Å². The molecule has 1 fully saturated rings. The summed E-state index contributed by atoms with van der Waals surface area (Å²) >= 11 is 5.81. The van der Waals surface area contributed by atoms with Crippen molar-refractivity contribution in [3.8, 4) is 0 Å². The van der Waals surface area contributed by atoms with Gasteiger partial charge < -0.3 is 4.90 Å². The molecule has 1 aliphatic rings. The van der Waals surface area contributed by atoms with Crippen LogP contribution in [-0.2, 0) is 5.88 Å². The van der Waals surface area contributed by atoms with Crippen molar-refractivity contribution in [1.29, 1.82) is 0 Å². The van der Waals surface area contributed by atoms with Gasteiger partial charge in [-0.15, -0.1) is 11.6 Å². The summed E-state index contributed by atoms with van der Waals surface area (Å²) in [7, 11) is 1.92. The van der Waals surface area contributed by atoms with Gasteiger partial charge in [0.2, 0.25) is 0 Å². The van der Waals surface area contributed by atoms with Crippen molar-refractivity contribution in [1.82, 2.24) is 4.90 Å². The van der Waals surface area contributed by atoms with E-state index in [0.29, 0.717) is 11.9 Å². The summed E-state index contributed by atoms with van der Waals surface area (Å²) < 4.78 is 0. The van der Waals surface area contributed by atoms with Gasteiger partial charge in [0.25, 0.3) is 5.91 Å². The Bertz CT molecular complexity index is 413. The Morgan fingerprint density at radius 2 is 2.06 bits per heavy atom. The molecule has 0 spiro atoms. The van der Waals surface area contributed by atoms with E-state index in [4.69, 9.17) is 11.6 Å². The first kappa shape index (κ1) is 13.4. The Morgan fingerprint density at radius 1 is 1.33 bits per heavy atom. The van der Waals surface area contributed by atoms with Gasteiger partial charge in [0.15, 0.2) is 0 Å². The standard InChI is InChI=1S/C15H20ClNO/c1-17(14-8-3-2-4-9-14)15(18)13-7-5-6-12(10-13)11-16/h5-7,10,14H,2-4,8-9,11H2,1H3. The molecule has 0 N–H and O–H groups in total. The molecule has 1 saturated carbocycles. The third-order valence-corrected chi connectivity index (χ3v) is 4.08. The molecule has 1 amide bonds. The average Bonchev–Trinajstić information content (AvgIpc) is 2.46. The maximum atomic E-state index is 12.4. The number of hydrogen-bond acceptors (Lipinski definition) is 1. The highest BCUT2D eigenvalue weighted by molar-refractivity contribution is 6.17. The molecule has 0 aromatic heterocycles. The summed E-state index contributed by atoms with van der Waals surface area (Å²) in [5, 5.41) is 0. The molecule has 1 aliphatic carbocycles. The Hall–Kier alpha value is -1.02. The molecule has 0 atom stereocenters. The van der Waals surface area contributed by atoms with Gasteiger partial charge in [0, 0.05) is 24.5 Å². The van der Waals surface area contributed by atoms with E-state index in [0.717, 1.165) is 24.0 Å². The number of benzene rings is 1. The second-order valence-corrected chi connectivity index (χ2v) is 5.31. The number of carbonyl (C=O) groups excluding carboxylic acids is 1. The van der Waals surface area contributed by atoms with Gasteiger partial charge in [0.05, 0.1) is 0 Å². The summed E-state index contributed by atoms with van der Waals surface area (Å²) in [6.45, 7) is 0. The van der Waals surface area contributed by atoms with Gasteiger partial charge >= 0.3 is 0 Å². The molecule has 0 heterocycles. The van der Waals surface area contributed by atoms with Crippen LogP contribution in [0.5, 0.6) is 0 Å². The average molecular weight is 266 g/mol. The molecule has 3 heteroatoms.